The van der Waals surface area contributed by atoms with E-state index < -0.39 is 0 Å². The van der Waals surface area contributed by atoms with Gasteiger partial charge in [-0.15, -0.1) is 0 Å². The molecule has 0 unspecified atom stereocenters. The van der Waals surface area contributed by atoms with E-state index in [4.69, 9.17) is 81.7 Å². The first-order valence-electron chi connectivity index (χ1n) is 45.9. The molecule has 0 amide bonds. The van der Waals surface area contributed by atoms with Gasteiger partial charge in [0.15, 0.2) is 0 Å². The molecule has 10 aromatic carbocycles. The number of ether oxygens (including phenoxy) is 5. The maximum atomic E-state index is 12.3. The Bertz CT molecular complexity index is 8070. The largest absolute Gasteiger partial charge is 0.473 e. The van der Waals surface area contributed by atoms with Crippen LogP contribution in [0.5, 0.6) is 29.4 Å². The molecule has 45 heteroatoms. The van der Waals surface area contributed by atoms with Crippen molar-refractivity contribution in [2.45, 2.75) is 94.6 Å². The Morgan fingerprint density at radius 3 is 0.653 bits per heavy atom. The molecule has 0 N–H and O–H groups in total. The number of hydrogen-bond acceptors (Lipinski definition) is 25. The fourth-order valence-electron chi connectivity index (χ4n) is 15.6. The highest BCUT2D eigenvalue weighted by molar-refractivity contribution is 6.32. The van der Waals surface area contributed by atoms with E-state index in [0.717, 1.165) is 112 Å². The van der Waals surface area contributed by atoms with Crippen LogP contribution in [-0.2, 0) is 103 Å². The van der Waals surface area contributed by atoms with Crippen molar-refractivity contribution in [3.63, 3.8) is 0 Å². The summed E-state index contributed by atoms with van der Waals surface area (Å²) in [5, 5.41) is 64.8. The van der Waals surface area contributed by atoms with Crippen LogP contribution in [0.25, 0.3) is 84.7 Å². The third-order valence-corrected chi connectivity index (χ3v) is 24.9. The molecule has 10 aromatic heterocycles. The molecular weight excluding hydrogens is 1980 g/mol. The molecule has 0 aliphatic rings. The Hall–Kier alpha value is -17.0. The molecule has 0 saturated heterocycles. The van der Waals surface area contributed by atoms with Crippen LogP contribution in [0.4, 0.5) is 0 Å². The summed E-state index contributed by atoms with van der Waals surface area (Å²) in [7, 11) is 13.3. The molecule has 0 atom stereocenters. The fraction of sp³-hybridized carbons (Fsp3) is 0.216. The summed E-state index contributed by atoms with van der Waals surface area (Å²) in [5.41, 5.74) is 19.4. The predicted octanol–water partition coefficient (Wildman–Crippen LogP) is 15.5. The molecule has 0 bridgehead atoms. The van der Waals surface area contributed by atoms with E-state index in [1.807, 2.05) is 312 Å². The molecule has 0 aliphatic heterocycles. The second-order valence-electron chi connectivity index (χ2n) is 33.7. The second kappa shape index (κ2) is 45.8. The molecule has 0 radical (unpaired) electrons. The number of aromatic nitrogens is 30. The quantitative estimate of drug-likeness (QED) is 0.0461. The summed E-state index contributed by atoms with van der Waals surface area (Å²) in [5.74, 6) is 3.08. The molecule has 752 valence electrons. The summed E-state index contributed by atoms with van der Waals surface area (Å²) in [6, 6.07) is 75.2. The summed E-state index contributed by atoms with van der Waals surface area (Å²) in [4.78, 5) is 61.5. The minimum atomic E-state index is -0.319. The van der Waals surface area contributed by atoms with Crippen molar-refractivity contribution in [3.05, 3.63) is 376 Å². The van der Waals surface area contributed by atoms with Crippen molar-refractivity contribution in [1.82, 2.24) is 148 Å². The molecule has 0 spiro atoms. The second-order valence-corrected chi connectivity index (χ2v) is 35.9. The molecule has 20 aromatic rings. The van der Waals surface area contributed by atoms with Crippen LogP contribution in [0.1, 0.15) is 69.5 Å². The van der Waals surface area contributed by atoms with Crippen molar-refractivity contribution in [2.75, 3.05) is 0 Å². The van der Waals surface area contributed by atoms with Crippen LogP contribution in [0.2, 0.25) is 25.1 Å². The van der Waals surface area contributed by atoms with E-state index >= 15 is 0 Å². The Kier molecular flexibility index (Phi) is 32.0. The van der Waals surface area contributed by atoms with E-state index in [1.165, 1.54) is 46.8 Å². The van der Waals surface area contributed by atoms with Gasteiger partial charge < -0.3 is 23.7 Å². The topological polar surface area (TPSA) is 399 Å². The van der Waals surface area contributed by atoms with Crippen molar-refractivity contribution >= 4 is 58.0 Å². The van der Waals surface area contributed by atoms with E-state index in [1.54, 1.807) is 58.6 Å². The van der Waals surface area contributed by atoms with Crippen LogP contribution in [-0.4, -0.2) is 148 Å². The third kappa shape index (κ3) is 23.6. The maximum Gasteiger partial charge on any atom is 0.368 e. The van der Waals surface area contributed by atoms with E-state index in [-0.39, 0.29) is 61.5 Å². The summed E-state index contributed by atoms with van der Waals surface area (Å²) >= 11 is 30.2. The SMILES string of the molecule is CCn1nc(-c2cccc(Cl)c2)cc1OCc1c(C)cccc1-n1nnn(C)c1=O.CCn1nc(-c2cccc(Cl)c2)cc1OCc1c(C)cccc1-n1nnn(C)c1=O.Cc1cccc(-n2nnn(C)c2=O)c1COc1cc(-c2ccc(Cl)cc2)nn1C.Cc1cccc(-n2nnn(C)c2=O)c1COc1cc(-c2ccc(Cl)cc2)nn1C.Cc1cccc(-n2nnn(C)c2=O)c1COc1cc(-c2cccc(Cl)c2)nn1C. The Morgan fingerprint density at radius 2 is 0.435 bits per heavy atom. The van der Waals surface area contributed by atoms with Gasteiger partial charge in [0.2, 0.25) is 29.4 Å². The number of rotatable bonds is 27. The van der Waals surface area contributed by atoms with Gasteiger partial charge in [0.05, 0.1) is 56.9 Å². The maximum absolute atomic E-state index is 12.3. The average molecular weight is 2080 g/mol. The predicted molar refractivity (Wildman–Crippen MR) is 556 cm³/mol. The molecule has 147 heavy (non-hydrogen) atoms. The first-order chi connectivity index (χ1) is 70.8. The van der Waals surface area contributed by atoms with Gasteiger partial charge in [0.1, 0.15) is 33.0 Å². The zero-order valence-electron chi connectivity index (χ0n) is 82.4. The summed E-state index contributed by atoms with van der Waals surface area (Å²) in [6.45, 7) is 16.4. The normalized spacial score (nSPS) is 11.0. The highest BCUT2D eigenvalue weighted by Gasteiger charge is 2.25. The fourth-order valence-corrected chi connectivity index (χ4v) is 16.4. The molecule has 0 fully saturated rings. The third-order valence-electron chi connectivity index (χ3n) is 23.7. The first-order valence-corrected chi connectivity index (χ1v) is 47.8. The molecular formula is C102H99Cl5N30O10. The van der Waals surface area contributed by atoms with E-state index in [0.29, 0.717) is 96.0 Å². The first kappa shape index (κ1) is 103. The molecule has 20 rings (SSSR count). The molecule has 0 saturated carbocycles. The Balaban J connectivity index is 0.000000131. The van der Waals surface area contributed by atoms with Gasteiger partial charge in [-0.05, 0) is 219 Å². The van der Waals surface area contributed by atoms with Crippen molar-refractivity contribution in [3.8, 4) is 114 Å². The van der Waals surface area contributed by atoms with Crippen molar-refractivity contribution in [1.29, 1.82) is 0 Å². The number of benzene rings is 10. The van der Waals surface area contributed by atoms with Gasteiger partial charge in [-0.25, -0.2) is 47.4 Å². The lowest BCUT2D eigenvalue weighted by atomic mass is 10.1. The smallest absolute Gasteiger partial charge is 0.368 e. The van der Waals surface area contributed by atoms with Crippen LogP contribution in [0.15, 0.2) is 267 Å². The lowest BCUT2D eigenvalue weighted by molar-refractivity contribution is 0.272. The van der Waals surface area contributed by atoms with Crippen LogP contribution < -0.4 is 52.1 Å². The van der Waals surface area contributed by atoms with Crippen LogP contribution in [0, 0.1) is 34.6 Å². The lowest BCUT2D eigenvalue weighted by Gasteiger charge is -2.13. The van der Waals surface area contributed by atoms with Crippen molar-refractivity contribution < 1.29 is 23.7 Å². The van der Waals surface area contributed by atoms with Gasteiger partial charge >= 0.3 is 28.4 Å². The molecule has 10 heterocycles. The number of aryl methyl sites for hydroxylation is 15. The van der Waals surface area contributed by atoms with Gasteiger partial charge in [0, 0.05) is 181 Å². The average Bonchev–Trinajstić information content (AvgIpc) is 1.69. The van der Waals surface area contributed by atoms with Crippen molar-refractivity contribution in [2.24, 2.45) is 56.4 Å². The molecule has 0 aliphatic carbocycles. The zero-order valence-corrected chi connectivity index (χ0v) is 86.2. The molecule has 40 nitrogen and oxygen atoms in total. The van der Waals surface area contributed by atoms with E-state index in [2.05, 4.69) is 77.6 Å². The Labute approximate surface area is 864 Å². The van der Waals surface area contributed by atoms with Crippen LogP contribution in [0.3, 0.4) is 0 Å². The highest BCUT2D eigenvalue weighted by Crippen LogP contribution is 2.35. The standard InChI is InChI=1S/2C21H21ClN6O2.3C20H19ClN6O2/c2*1-4-27-20(12-18(23-27)15-8-6-9-16(22)11-15)30-13-17-14(2)7-5-10-19(17)28-21(29)26(3)24-25-28;1-13-6-4-9-18(27-20(28)26(3)23-24-27)16(13)12-29-19-11-17(22-25(19)2)14-7-5-8-15(21)10-14;2*1-13-5-4-6-18(27-20(28)26(3)23-24-27)16(13)12-29-19-11-17(22-25(19)2)14-7-9-15(21)10-8-14/h2*5-12H,4,13H2,1-3H3;3*4-11H,12H2,1-3H3. The number of nitrogens with zero attached hydrogens (tertiary/aromatic N) is 30. The number of tetrazole rings is 5. The zero-order chi connectivity index (χ0) is 104. The monoisotopic (exact) mass is 2080 g/mol. The minimum Gasteiger partial charge on any atom is -0.473 e. The van der Waals surface area contributed by atoms with Gasteiger partial charge in [0.25, 0.3) is 0 Å². The number of hydrogen-bond donors (Lipinski definition) is 0. The lowest BCUT2D eigenvalue weighted by Crippen LogP contribution is -2.23. The minimum absolute atomic E-state index is 0.250. The summed E-state index contributed by atoms with van der Waals surface area (Å²) < 4.78 is 51.3. The van der Waals surface area contributed by atoms with Crippen LogP contribution >= 0.6 is 58.0 Å². The van der Waals surface area contributed by atoms with Gasteiger partial charge in [-0.1, -0.05) is 179 Å². The Morgan fingerprint density at radius 1 is 0.224 bits per heavy atom. The highest BCUT2D eigenvalue weighted by atomic mass is 35.5. The summed E-state index contributed by atoms with van der Waals surface area (Å²) in [6.07, 6.45) is 0. The van der Waals surface area contributed by atoms with E-state index in [9.17, 15) is 24.0 Å². The van der Waals surface area contributed by atoms with Gasteiger partial charge in [-0.2, -0.15) is 72.3 Å². The van der Waals surface area contributed by atoms with Gasteiger partial charge in [-0.3, -0.25) is 0 Å². The number of halogens is 5.